The lowest BCUT2D eigenvalue weighted by Gasteiger charge is -2.27. The van der Waals surface area contributed by atoms with E-state index in [9.17, 15) is 0 Å². The molecule has 96 valence electrons. The van der Waals surface area contributed by atoms with Crippen molar-refractivity contribution >= 4 is 11.0 Å². The van der Waals surface area contributed by atoms with Crippen LogP contribution in [0.25, 0.3) is 11.0 Å². The van der Waals surface area contributed by atoms with Gasteiger partial charge in [-0.25, -0.2) is 4.98 Å². The van der Waals surface area contributed by atoms with Crippen LogP contribution in [0.2, 0.25) is 0 Å². The molecule has 2 aromatic rings. The SMILES string of the molecule is Cn1cnc2ccc(CCN3CCNCC3)cc21. The molecule has 1 fully saturated rings. The maximum atomic E-state index is 4.35. The fourth-order valence-corrected chi connectivity index (χ4v) is 2.55. The zero-order valence-electron chi connectivity index (χ0n) is 10.9. The quantitative estimate of drug-likeness (QED) is 0.875. The topological polar surface area (TPSA) is 33.1 Å². The molecule has 4 nitrogen and oxygen atoms in total. The van der Waals surface area contributed by atoms with E-state index < -0.39 is 0 Å². The Bertz CT molecular complexity index is 526. The first-order valence-electron chi connectivity index (χ1n) is 6.66. The minimum absolute atomic E-state index is 1.09. The predicted molar refractivity (Wildman–Crippen MR) is 73.7 cm³/mol. The van der Waals surface area contributed by atoms with Gasteiger partial charge in [0.05, 0.1) is 17.4 Å². The number of piperazine rings is 1. The number of fused-ring (bicyclic) bond motifs is 1. The van der Waals surface area contributed by atoms with Crippen LogP contribution in [-0.2, 0) is 13.5 Å². The lowest BCUT2D eigenvalue weighted by atomic mass is 10.1. The third kappa shape index (κ3) is 2.40. The van der Waals surface area contributed by atoms with Gasteiger partial charge in [0.25, 0.3) is 0 Å². The van der Waals surface area contributed by atoms with Crippen molar-refractivity contribution in [3.05, 3.63) is 30.1 Å². The van der Waals surface area contributed by atoms with Crippen LogP contribution in [0.4, 0.5) is 0 Å². The molecule has 18 heavy (non-hydrogen) atoms. The molecular weight excluding hydrogens is 224 g/mol. The second-order valence-electron chi connectivity index (χ2n) is 5.02. The van der Waals surface area contributed by atoms with Crippen molar-refractivity contribution in [3.63, 3.8) is 0 Å². The van der Waals surface area contributed by atoms with E-state index in [2.05, 4.69) is 45.0 Å². The van der Waals surface area contributed by atoms with Gasteiger partial charge in [0.15, 0.2) is 0 Å². The Balaban J connectivity index is 1.68. The third-order valence-corrected chi connectivity index (χ3v) is 3.72. The summed E-state index contributed by atoms with van der Waals surface area (Å²) in [5, 5.41) is 3.39. The molecular formula is C14H20N4. The fourth-order valence-electron chi connectivity index (χ4n) is 2.55. The highest BCUT2D eigenvalue weighted by molar-refractivity contribution is 5.75. The van der Waals surface area contributed by atoms with Crippen LogP contribution in [-0.4, -0.2) is 47.2 Å². The molecule has 0 spiro atoms. The second-order valence-corrected chi connectivity index (χ2v) is 5.02. The molecule has 0 radical (unpaired) electrons. The lowest BCUT2D eigenvalue weighted by Crippen LogP contribution is -2.44. The maximum absolute atomic E-state index is 4.35. The molecule has 0 atom stereocenters. The van der Waals surface area contributed by atoms with Crippen LogP contribution in [0.5, 0.6) is 0 Å². The molecule has 2 heterocycles. The molecule has 1 aromatic heterocycles. The average Bonchev–Trinajstić information content (AvgIpc) is 2.79. The van der Waals surface area contributed by atoms with E-state index in [1.165, 1.54) is 24.2 Å². The highest BCUT2D eigenvalue weighted by atomic mass is 15.2. The van der Waals surface area contributed by atoms with Crippen molar-refractivity contribution in [1.29, 1.82) is 0 Å². The van der Waals surface area contributed by atoms with Crippen molar-refractivity contribution in [2.45, 2.75) is 6.42 Å². The Kier molecular flexibility index (Phi) is 3.30. The van der Waals surface area contributed by atoms with Gasteiger partial charge in [-0.05, 0) is 24.1 Å². The van der Waals surface area contributed by atoms with Crippen molar-refractivity contribution in [1.82, 2.24) is 19.8 Å². The van der Waals surface area contributed by atoms with E-state index in [1.807, 2.05) is 6.33 Å². The van der Waals surface area contributed by atoms with Gasteiger partial charge in [0.2, 0.25) is 0 Å². The molecule has 1 aliphatic heterocycles. The van der Waals surface area contributed by atoms with E-state index in [1.54, 1.807) is 0 Å². The molecule has 0 amide bonds. The summed E-state index contributed by atoms with van der Waals surface area (Å²) in [6.45, 7) is 5.76. The van der Waals surface area contributed by atoms with Crippen LogP contribution in [0, 0.1) is 0 Å². The van der Waals surface area contributed by atoms with E-state index in [0.29, 0.717) is 0 Å². The highest BCUT2D eigenvalue weighted by Gasteiger charge is 2.09. The van der Waals surface area contributed by atoms with E-state index in [-0.39, 0.29) is 0 Å². The van der Waals surface area contributed by atoms with Crippen LogP contribution in [0.15, 0.2) is 24.5 Å². The zero-order chi connectivity index (χ0) is 12.4. The Labute approximate surface area is 108 Å². The largest absolute Gasteiger partial charge is 0.334 e. The highest BCUT2D eigenvalue weighted by Crippen LogP contribution is 2.14. The summed E-state index contributed by atoms with van der Waals surface area (Å²) in [5.74, 6) is 0. The number of rotatable bonds is 3. The Morgan fingerprint density at radius 3 is 2.94 bits per heavy atom. The van der Waals surface area contributed by atoms with Crippen molar-refractivity contribution in [2.24, 2.45) is 7.05 Å². The first-order chi connectivity index (χ1) is 8.83. The summed E-state index contributed by atoms with van der Waals surface area (Å²) in [4.78, 5) is 6.89. The number of benzene rings is 1. The van der Waals surface area contributed by atoms with Gasteiger partial charge in [-0.15, -0.1) is 0 Å². The first kappa shape index (κ1) is 11.7. The monoisotopic (exact) mass is 244 g/mol. The fraction of sp³-hybridized carbons (Fsp3) is 0.500. The van der Waals surface area contributed by atoms with Gasteiger partial charge >= 0.3 is 0 Å². The van der Waals surface area contributed by atoms with Crippen LogP contribution in [0.1, 0.15) is 5.56 Å². The number of hydrogen-bond acceptors (Lipinski definition) is 3. The summed E-state index contributed by atoms with van der Waals surface area (Å²) in [6, 6.07) is 6.60. The smallest absolute Gasteiger partial charge is 0.0955 e. The van der Waals surface area contributed by atoms with Gasteiger partial charge in [0.1, 0.15) is 0 Å². The molecule has 1 N–H and O–H groups in total. The molecule has 1 aromatic carbocycles. The third-order valence-electron chi connectivity index (χ3n) is 3.72. The summed E-state index contributed by atoms with van der Waals surface area (Å²) >= 11 is 0. The predicted octanol–water partition coefficient (Wildman–Crippen LogP) is 1.02. The number of nitrogens with zero attached hydrogens (tertiary/aromatic N) is 3. The van der Waals surface area contributed by atoms with Crippen LogP contribution < -0.4 is 5.32 Å². The summed E-state index contributed by atoms with van der Waals surface area (Å²) in [6.07, 6.45) is 3.01. The standard InChI is InChI=1S/C14H20N4/c1-17-11-16-13-3-2-12(10-14(13)17)4-7-18-8-5-15-6-9-18/h2-3,10-11,15H,4-9H2,1H3. The second kappa shape index (κ2) is 5.08. The number of hydrogen-bond donors (Lipinski definition) is 1. The van der Waals surface area contributed by atoms with Crippen LogP contribution >= 0.6 is 0 Å². The summed E-state index contributed by atoms with van der Waals surface area (Å²) in [5.41, 5.74) is 3.72. The van der Waals surface area contributed by atoms with Gasteiger partial charge in [-0.2, -0.15) is 0 Å². The maximum Gasteiger partial charge on any atom is 0.0955 e. The number of nitrogens with one attached hydrogen (secondary N) is 1. The molecule has 3 rings (SSSR count). The molecule has 0 saturated carbocycles. The lowest BCUT2D eigenvalue weighted by molar-refractivity contribution is 0.244. The molecule has 0 unspecified atom stereocenters. The average molecular weight is 244 g/mol. The number of aromatic nitrogens is 2. The summed E-state index contributed by atoms with van der Waals surface area (Å²) < 4.78 is 2.09. The molecule has 0 aliphatic carbocycles. The van der Waals surface area contributed by atoms with Gasteiger partial charge in [-0.1, -0.05) is 6.07 Å². The zero-order valence-corrected chi connectivity index (χ0v) is 10.9. The van der Waals surface area contributed by atoms with Crippen molar-refractivity contribution < 1.29 is 0 Å². The molecule has 0 bridgehead atoms. The van der Waals surface area contributed by atoms with Crippen molar-refractivity contribution in [3.8, 4) is 0 Å². The molecule has 1 aliphatic rings. The van der Waals surface area contributed by atoms with E-state index in [4.69, 9.17) is 0 Å². The first-order valence-corrected chi connectivity index (χ1v) is 6.66. The molecule has 1 saturated heterocycles. The van der Waals surface area contributed by atoms with Gasteiger partial charge < -0.3 is 14.8 Å². The van der Waals surface area contributed by atoms with Gasteiger partial charge in [-0.3, -0.25) is 0 Å². The Morgan fingerprint density at radius 2 is 2.11 bits per heavy atom. The minimum atomic E-state index is 1.09. The Hall–Kier alpha value is -1.39. The summed E-state index contributed by atoms with van der Waals surface area (Å²) in [7, 11) is 2.05. The Morgan fingerprint density at radius 1 is 1.28 bits per heavy atom. The van der Waals surface area contributed by atoms with Crippen LogP contribution in [0.3, 0.4) is 0 Å². The minimum Gasteiger partial charge on any atom is -0.334 e. The van der Waals surface area contributed by atoms with Crippen molar-refractivity contribution in [2.75, 3.05) is 32.7 Å². The van der Waals surface area contributed by atoms with E-state index >= 15 is 0 Å². The normalized spacial score (nSPS) is 17.4. The molecule has 4 heteroatoms. The number of aryl methyl sites for hydroxylation is 1. The van der Waals surface area contributed by atoms with Gasteiger partial charge in [0, 0.05) is 39.8 Å². The van der Waals surface area contributed by atoms with E-state index in [0.717, 1.165) is 31.6 Å². The number of imidazole rings is 1.